The monoisotopic (exact) mass is 357 g/mol. The lowest BCUT2D eigenvalue weighted by Crippen LogP contribution is -2.27. The Kier molecular flexibility index (Phi) is 4.63. The second-order valence-electron chi connectivity index (χ2n) is 6.02. The fourth-order valence-electron chi connectivity index (χ4n) is 3.01. The van der Waals surface area contributed by atoms with Crippen LogP contribution in [0.5, 0.6) is 0 Å². The van der Waals surface area contributed by atoms with E-state index >= 15 is 0 Å². The maximum atomic E-state index is 12.7. The highest BCUT2D eigenvalue weighted by atomic mass is 35.5. The SMILES string of the molecule is Cc1nn(C)c(C)c1[C@@H](C)NC(=O)c1cc(-n2cccn2)ccc1Cl. The van der Waals surface area contributed by atoms with Crippen molar-refractivity contribution in [1.29, 1.82) is 0 Å². The second-order valence-corrected chi connectivity index (χ2v) is 6.43. The van der Waals surface area contributed by atoms with Gasteiger partial charge in [-0.25, -0.2) is 4.68 Å². The number of rotatable bonds is 4. The first-order chi connectivity index (χ1) is 11.9. The number of carbonyl (C=O) groups is 1. The van der Waals surface area contributed by atoms with E-state index in [0.29, 0.717) is 10.6 Å². The van der Waals surface area contributed by atoms with E-state index in [1.165, 1.54) is 0 Å². The molecule has 1 atom stereocenters. The van der Waals surface area contributed by atoms with Crippen molar-refractivity contribution in [3.63, 3.8) is 0 Å². The number of nitrogens with one attached hydrogen (secondary N) is 1. The van der Waals surface area contributed by atoms with Crippen LogP contribution in [0.1, 0.15) is 40.3 Å². The number of halogens is 1. The van der Waals surface area contributed by atoms with Gasteiger partial charge in [-0.1, -0.05) is 11.6 Å². The molecule has 0 unspecified atom stereocenters. The molecule has 0 aliphatic heterocycles. The molecule has 0 aliphatic carbocycles. The smallest absolute Gasteiger partial charge is 0.253 e. The number of hydrogen-bond acceptors (Lipinski definition) is 3. The Morgan fingerprint density at radius 3 is 2.68 bits per heavy atom. The third-order valence-electron chi connectivity index (χ3n) is 4.31. The van der Waals surface area contributed by atoms with Gasteiger partial charge >= 0.3 is 0 Å². The van der Waals surface area contributed by atoms with Gasteiger partial charge in [-0.3, -0.25) is 9.48 Å². The number of carbonyl (C=O) groups excluding carboxylic acids is 1. The molecule has 0 fully saturated rings. The lowest BCUT2D eigenvalue weighted by molar-refractivity contribution is 0.0940. The van der Waals surface area contributed by atoms with E-state index in [1.54, 1.807) is 23.0 Å². The average molecular weight is 358 g/mol. The number of amides is 1. The normalized spacial score (nSPS) is 12.2. The molecular formula is C18H20ClN5O. The minimum Gasteiger partial charge on any atom is -0.345 e. The molecular weight excluding hydrogens is 338 g/mol. The van der Waals surface area contributed by atoms with Crippen molar-refractivity contribution in [3.05, 3.63) is 64.2 Å². The highest BCUT2D eigenvalue weighted by Crippen LogP contribution is 2.23. The Morgan fingerprint density at radius 2 is 2.08 bits per heavy atom. The number of aromatic nitrogens is 4. The van der Waals surface area contributed by atoms with Gasteiger partial charge in [-0.2, -0.15) is 10.2 Å². The third-order valence-corrected chi connectivity index (χ3v) is 4.64. The molecule has 3 aromatic rings. The van der Waals surface area contributed by atoms with E-state index in [4.69, 9.17) is 11.6 Å². The first-order valence-electron chi connectivity index (χ1n) is 7.99. The summed E-state index contributed by atoms with van der Waals surface area (Å²) in [5.41, 5.74) is 4.16. The summed E-state index contributed by atoms with van der Waals surface area (Å²) < 4.78 is 3.50. The van der Waals surface area contributed by atoms with Crippen LogP contribution in [0.2, 0.25) is 5.02 Å². The van der Waals surface area contributed by atoms with E-state index in [1.807, 2.05) is 50.8 Å². The largest absolute Gasteiger partial charge is 0.345 e. The molecule has 25 heavy (non-hydrogen) atoms. The Hall–Kier alpha value is -2.60. The van der Waals surface area contributed by atoms with Gasteiger partial charge in [0.25, 0.3) is 5.91 Å². The maximum Gasteiger partial charge on any atom is 0.253 e. The fraction of sp³-hybridized carbons (Fsp3) is 0.278. The highest BCUT2D eigenvalue weighted by Gasteiger charge is 2.20. The molecule has 2 heterocycles. The summed E-state index contributed by atoms with van der Waals surface area (Å²) in [4.78, 5) is 12.7. The van der Waals surface area contributed by atoms with Crippen LogP contribution in [-0.2, 0) is 7.05 Å². The van der Waals surface area contributed by atoms with Crippen molar-refractivity contribution >= 4 is 17.5 Å². The molecule has 6 nitrogen and oxygen atoms in total. The summed E-state index contributed by atoms with van der Waals surface area (Å²) in [5.74, 6) is -0.228. The molecule has 1 aromatic carbocycles. The summed E-state index contributed by atoms with van der Waals surface area (Å²) >= 11 is 6.24. The van der Waals surface area contributed by atoms with Crippen LogP contribution >= 0.6 is 11.6 Å². The number of hydrogen-bond donors (Lipinski definition) is 1. The highest BCUT2D eigenvalue weighted by molar-refractivity contribution is 6.33. The van der Waals surface area contributed by atoms with Gasteiger partial charge in [-0.05, 0) is 45.0 Å². The van der Waals surface area contributed by atoms with Gasteiger partial charge < -0.3 is 5.32 Å². The predicted octanol–water partition coefficient (Wildman–Crippen LogP) is 3.37. The quantitative estimate of drug-likeness (QED) is 0.778. The molecule has 0 saturated heterocycles. The zero-order chi connectivity index (χ0) is 18.1. The van der Waals surface area contributed by atoms with Gasteiger partial charge in [0.2, 0.25) is 0 Å². The molecule has 0 bridgehead atoms. The van der Waals surface area contributed by atoms with Crippen molar-refractivity contribution in [2.75, 3.05) is 0 Å². The molecule has 1 N–H and O–H groups in total. The summed E-state index contributed by atoms with van der Waals surface area (Å²) in [6.45, 7) is 5.87. The molecule has 7 heteroatoms. The lowest BCUT2D eigenvalue weighted by atomic mass is 10.1. The van der Waals surface area contributed by atoms with Gasteiger partial charge in [0.1, 0.15) is 0 Å². The van der Waals surface area contributed by atoms with Crippen molar-refractivity contribution < 1.29 is 4.79 Å². The van der Waals surface area contributed by atoms with E-state index in [9.17, 15) is 4.79 Å². The Labute approximate surface area is 151 Å². The lowest BCUT2D eigenvalue weighted by Gasteiger charge is -2.16. The molecule has 3 rings (SSSR count). The third kappa shape index (κ3) is 3.30. The van der Waals surface area contributed by atoms with Gasteiger partial charge in [0.05, 0.1) is 28.0 Å². The van der Waals surface area contributed by atoms with E-state index in [-0.39, 0.29) is 11.9 Å². The summed E-state index contributed by atoms with van der Waals surface area (Å²) in [6, 6.07) is 6.92. The molecule has 2 aromatic heterocycles. The number of benzene rings is 1. The minimum atomic E-state index is -0.228. The number of aryl methyl sites for hydroxylation is 2. The minimum absolute atomic E-state index is 0.175. The van der Waals surface area contributed by atoms with Crippen molar-refractivity contribution in [1.82, 2.24) is 24.9 Å². The van der Waals surface area contributed by atoms with Gasteiger partial charge in [-0.15, -0.1) is 0 Å². The molecule has 0 aliphatic rings. The zero-order valence-corrected chi connectivity index (χ0v) is 15.4. The zero-order valence-electron chi connectivity index (χ0n) is 14.6. The number of nitrogens with zero attached hydrogens (tertiary/aromatic N) is 4. The average Bonchev–Trinajstić information content (AvgIpc) is 3.17. The van der Waals surface area contributed by atoms with Gasteiger partial charge in [0, 0.05) is 30.7 Å². The van der Waals surface area contributed by atoms with E-state index in [2.05, 4.69) is 15.5 Å². The van der Waals surface area contributed by atoms with Crippen LogP contribution in [0.25, 0.3) is 5.69 Å². The predicted molar refractivity (Wildman–Crippen MR) is 97.1 cm³/mol. The first-order valence-corrected chi connectivity index (χ1v) is 8.36. The second kappa shape index (κ2) is 6.72. The Morgan fingerprint density at radius 1 is 1.32 bits per heavy atom. The Bertz CT molecular complexity index is 914. The summed E-state index contributed by atoms with van der Waals surface area (Å²) in [7, 11) is 1.89. The van der Waals surface area contributed by atoms with Crippen LogP contribution in [0.3, 0.4) is 0 Å². The maximum absolute atomic E-state index is 12.7. The van der Waals surface area contributed by atoms with Crippen molar-refractivity contribution in [2.24, 2.45) is 7.05 Å². The topological polar surface area (TPSA) is 64.7 Å². The van der Waals surface area contributed by atoms with Crippen LogP contribution in [0.4, 0.5) is 0 Å². The standard InChI is InChI=1S/C18H20ClN5O/c1-11(17-12(2)22-23(4)13(17)3)21-18(25)15-10-14(6-7-16(15)19)24-9-5-8-20-24/h5-11H,1-4H3,(H,21,25)/t11-/m1/s1. The molecule has 130 valence electrons. The molecule has 0 spiro atoms. The van der Waals surface area contributed by atoms with Crippen LogP contribution < -0.4 is 5.32 Å². The van der Waals surface area contributed by atoms with Crippen molar-refractivity contribution in [3.8, 4) is 5.69 Å². The van der Waals surface area contributed by atoms with Crippen LogP contribution in [-0.4, -0.2) is 25.5 Å². The van der Waals surface area contributed by atoms with Crippen LogP contribution in [0.15, 0.2) is 36.7 Å². The first kappa shape index (κ1) is 17.2. The summed E-state index contributed by atoms with van der Waals surface area (Å²) in [5, 5.41) is 12.0. The van der Waals surface area contributed by atoms with E-state index < -0.39 is 0 Å². The molecule has 0 saturated carbocycles. The van der Waals surface area contributed by atoms with E-state index in [0.717, 1.165) is 22.6 Å². The van der Waals surface area contributed by atoms with Gasteiger partial charge in [0.15, 0.2) is 0 Å². The van der Waals surface area contributed by atoms with Crippen molar-refractivity contribution in [2.45, 2.75) is 26.8 Å². The Balaban J connectivity index is 1.87. The van der Waals surface area contributed by atoms with Crippen LogP contribution in [0, 0.1) is 13.8 Å². The fourth-order valence-corrected chi connectivity index (χ4v) is 3.22. The molecule has 1 amide bonds. The molecule has 0 radical (unpaired) electrons. The summed E-state index contributed by atoms with van der Waals surface area (Å²) in [6.07, 6.45) is 3.50.